The molecule has 40 heavy (non-hydrogen) atoms. The predicted octanol–water partition coefficient (Wildman–Crippen LogP) is 6.26. The zero-order valence-corrected chi connectivity index (χ0v) is 22.8. The first-order valence-electron chi connectivity index (χ1n) is 13.6. The molecule has 0 aliphatic heterocycles. The van der Waals surface area contributed by atoms with Crippen LogP contribution in [0.4, 0.5) is 34.1 Å². The normalized spacial score (nSPS) is 27.3. The van der Waals surface area contributed by atoms with Crippen molar-refractivity contribution < 1.29 is 31.8 Å². The second kappa shape index (κ2) is 10.6. The molecule has 1 unspecified atom stereocenters. The van der Waals surface area contributed by atoms with E-state index in [9.17, 15) is 22.4 Å². The van der Waals surface area contributed by atoms with Crippen LogP contribution in [0.15, 0.2) is 30.5 Å². The maximum absolute atomic E-state index is 14.7. The van der Waals surface area contributed by atoms with E-state index in [0.29, 0.717) is 24.3 Å². The van der Waals surface area contributed by atoms with Gasteiger partial charge in [-0.2, -0.15) is 4.98 Å². The van der Waals surface area contributed by atoms with E-state index in [2.05, 4.69) is 30.7 Å². The molecule has 3 N–H and O–H groups in total. The summed E-state index contributed by atoms with van der Waals surface area (Å²) in [6, 6.07) is 5.84. The Bertz CT molecular complexity index is 1220. The van der Waals surface area contributed by atoms with Gasteiger partial charge < -0.3 is 25.4 Å². The number of nitrogens with zero attached hydrogens (tertiary/aromatic N) is 2. The van der Waals surface area contributed by atoms with Crippen LogP contribution < -0.4 is 20.7 Å². The molecule has 5 atom stereocenters. The number of amides is 1. The van der Waals surface area contributed by atoms with E-state index in [1.165, 1.54) is 18.2 Å². The summed E-state index contributed by atoms with van der Waals surface area (Å²) >= 11 is 0. The molecule has 4 saturated carbocycles. The first-order valence-corrected chi connectivity index (χ1v) is 13.6. The van der Waals surface area contributed by atoms with Crippen LogP contribution in [0.5, 0.6) is 5.75 Å². The molecule has 218 valence electrons. The Morgan fingerprint density at radius 3 is 2.45 bits per heavy atom. The van der Waals surface area contributed by atoms with E-state index < -0.39 is 17.8 Å². The average molecular weight is 566 g/mol. The highest BCUT2D eigenvalue weighted by Gasteiger charge is 2.55. The molecule has 6 rings (SSSR count). The Morgan fingerprint density at radius 1 is 1.07 bits per heavy atom. The highest BCUT2D eigenvalue weighted by atomic mass is 19.4. The van der Waals surface area contributed by atoms with Crippen molar-refractivity contribution >= 4 is 17.9 Å². The lowest BCUT2D eigenvalue weighted by atomic mass is 9.48. The van der Waals surface area contributed by atoms with E-state index in [4.69, 9.17) is 4.74 Å². The number of anilines is 2. The number of carbonyl (C=O) groups excluding carboxylic acids is 1. The fourth-order valence-electron chi connectivity index (χ4n) is 6.98. The van der Waals surface area contributed by atoms with Gasteiger partial charge in [0, 0.05) is 24.7 Å². The number of hydrogen-bond acceptors (Lipinski definition) is 7. The molecule has 1 amide bonds. The standard InChI is InChI=1S/C28H35F4N5O3/c1-26(2,3)40-25(38)36-22-18-8-16-9-19(22)12-27(10-16,11-18)15-35-23-20(29)14-34-24(37-23)33-13-17-6-4-5-7-21(17)39-28(30,31)32/h4-7,14,16,18-19,22H,8-13,15H2,1-3H3,(H,36,38)(H2,33,34,35,37)/t16?,18-,19+,22-,27-. The highest BCUT2D eigenvalue weighted by Crippen LogP contribution is 2.60. The summed E-state index contributed by atoms with van der Waals surface area (Å²) in [5.41, 5.74) is -0.330. The maximum atomic E-state index is 14.7. The van der Waals surface area contributed by atoms with Crippen molar-refractivity contribution in [3.63, 3.8) is 0 Å². The van der Waals surface area contributed by atoms with E-state index >= 15 is 0 Å². The van der Waals surface area contributed by atoms with E-state index in [0.717, 1.165) is 38.3 Å². The smallest absolute Gasteiger partial charge is 0.444 e. The van der Waals surface area contributed by atoms with Crippen molar-refractivity contribution in [2.24, 2.45) is 23.2 Å². The van der Waals surface area contributed by atoms with Crippen molar-refractivity contribution in [3.8, 4) is 5.75 Å². The van der Waals surface area contributed by atoms with Crippen LogP contribution in [0.1, 0.15) is 58.4 Å². The van der Waals surface area contributed by atoms with Crippen molar-refractivity contribution in [2.45, 2.75) is 77.4 Å². The second-order valence-electron chi connectivity index (χ2n) is 12.4. The Balaban J connectivity index is 1.21. The average Bonchev–Trinajstić information content (AvgIpc) is 2.83. The summed E-state index contributed by atoms with van der Waals surface area (Å²) in [4.78, 5) is 20.7. The van der Waals surface area contributed by atoms with Gasteiger partial charge in [-0.15, -0.1) is 13.2 Å². The van der Waals surface area contributed by atoms with Gasteiger partial charge in [-0.25, -0.2) is 14.2 Å². The molecule has 4 aliphatic rings. The number of hydrogen-bond donors (Lipinski definition) is 3. The highest BCUT2D eigenvalue weighted by molar-refractivity contribution is 5.68. The van der Waals surface area contributed by atoms with E-state index in [1.54, 1.807) is 6.07 Å². The van der Waals surface area contributed by atoms with Gasteiger partial charge in [-0.05, 0) is 82.1 Å². The van der Waals surface area contributed by atoms with Crippen LogP contribution in [0.25, 0.3) is 0 Å². The molecule has 1 aromatic carbocycles. The van der Waals surface area contributed by atoms with Crippen LogP contribution in [-0.4, -0.2) is 40.6 Å². The summed E-state index contributed by atoms with van der Waals surface area (Å²) in [5, 5.41) is 9.17. The lowest BCUT2D eigenvalue weighted by Gasteiger charge is -2.60. The summed E-state index contributed by atoms with van der Waals surface area (Å²) in [6.45, 7) is 6.03. The number of halogens is 4. The fraction of sp³-hybridized carbons (Fsp3) is 0.607. The van der Waals surface area contributed by atoms with Gasteiger partial charge in [-0.3, -0.25) is 0 Å². The number of alkyl halides is 3. The molecule has 12 heteroatoms. The van der Waals surface area contributed by atoms with Crippen LogP contribution in [0.3, 0.4) is 0 Å². The summed E-state index contributed by atoms with van der Waals surface area (Å²) in [6.07, 6.45) is 0.844. The first-order chi connectivity index (χ1) is 18.8. The molecule has 8 nitrogen and oxygen atoms in total. The predicted molar refractivity (Wildman–Crippen MR) is 140 cm³/mol. The van der Waals surface area contributed by atoms with Gasteiger partial charge in [-0.1, -0.05) is 18.2 Å². The maximum Gasteiger partial charge on any atom is 0.573 e. The zero-order valence-electron chi connectivity index (χ0n) is 22.8. The Kier molecular flexibility index (Phi) is 7.47. The third kappa shape index (κ3) is 6.69. The minimum absolute atomic E-state index is 0.0263. The van der Waals surface area contributed by atoms with Crippen LogP contribution in [0, 0.1) is 29.0 Å². The topological polar surface area (TPSA) is 97.4 Å². The van der Waals surface area contributed by atoms with Crippen molar-refractivity contribution in [3.05, 3.63) is 41.8 Å². The van der Waals surface area contributed by atoms with Gasteiger partial charge in [0.2, 0.25) is 5.95 Å². The number of carbonyl (C=O) groups is 1. The molecule has 1 heterocycles. The van der Waals surface area contributed by atoms with E-state index in [1.807, 2.05) is 20.8 Å². The molecule has 4 aliphatic carbocycles. The second-order valence-corrected chi connectivity index (χ2v) is 12.4. The summed E-state index contributed by atoms with van der Waals surface area (Å²) in [7, 11) is 0. The molecule has 0 radical (unpaired) electrons. The monoisotopic (exact) mass is 565 g/mol. The van der Waals surface area contributed by atoms with Gasteiger partial charge in [0.15, 0.2) is 11.6 Å². The summed E-state index contributed by atoms with van der Waals surface area (Å²) < 4.78 is 62.4. The minimum atomic E-state index is -4.82. The molecule has 1 aromatic heterocycles. The van der Waals surface area contributed by atoms with Crippen LogP contribution >= 0.6 is 0 Å². The SMILES string of the molecule is CC(C)(C)OC(=O)N[C@@H]1[C@@H]2CC3C[C@H]1C[C@@](CNc1nc(NCc4ccccc4OC(F)(F)F)ncc1F)(C3)C2. The van der Waals surface area contributed by atoms with Crippen LogP contribution in [-0.2, 0) is 11.3 Å². The number of rotatable bonds is 8. The lowest BCUT2D eigenvalue weighted by molar-refractivity contribution is -0.274. The number of nitrogens with one attached hydrogen (secondary N) is 3. The number of ether oxygens (including phenoxy) is 2. The lowest BCUT2D eigenvalue weighted by Crippen LogP contribution is -2.60. The van der Waals surface area contributed by atoms with Gasteiger partial charge in [0.25, 0.3) is 0 Å². The fourth-order valence-corrected chi connectivity index (χ4v) is 6.98. The van der Waals surface area contributed by atoms with Crippen molar-refractivity contribution in [1.29, 1.82) is 0 Å². The number of para-hydroxylation sites is 1. The molecule has 0 saturated heterocycles. The third-order valence-electron chi connectivity index (χ3n) is 8.09. The largest absolute Gasteiger partial charge is 0.573 e. The number of aromatic nitrogens is 2. The number of benzene rings is 1. The molecular formula is C28H35F4N5O3. The Labute approximate surface area is 230 Å². The molecule has 4 fully saturated rings. The quantitative estimate of drug-likeness (QED) is 0.325. The van der Waals surface area contributed by atoms with Crippen molar-refractivity contribution in [1.82, 2.24) is 15.3 Å². The third-order valence-corrected chi connectivity index (χ3v) is 8.09. The molecule has 4 bridgehead atoms. The Hall–Kier alpha value is -3.31. The zero-order chi connectivity index (χ0) is 28.7. The van der Waals surface area contributed by atoms with Gasteiger partial charge >= 0.3 is 12.5 Å². The summed E-state index contributed by atoms with van der Waals surface area (Å²) in [5.74, 6) is 0.431. The minimum Gasteiger partial charge on any atom is -0.444 e. The Morgan fingerprint density at radius 2 is 1.77 bits per heavy atom. The number of alkyl carbamates (subject to hydrolysis) is 1. The molecule has 0 spiro atoms. The van der Waals surface area contributed by atoms with Gasteiger partial charge in [0.1, 0.15) is 11.4 Å². The van der Waals surface area contributed by atoms with Gasteiger partial charge in [0.05, 0.1) is 6.20 Å². The first kappa shape index (κ1) is 28.2. The molecule has 2 aromatic rings. The van der Waals surface area contributed by atoms with Crippen LogP contribution in [0.2, 0.25) is 0 Å². The van der Waals surface area contributed by atoms with Crippen molar-refractivity contribution in [2.75, 3.05) is 17.2 Å². The molecular weight excluding hydrogens is 530 g/mol. The van der Waals surface area contributed by atoms with E-state index in [-0.39, 0.29) is 47.2 Å².